The molecule has 0 saturated carbocycles. The molecular weight excluding hydrogens is 383 g/mol. The Hall–Kier alpha value is -2.31. The summed E-state index contributed by atoms with van der Waals surface area (Å²) in [7, 11) is 0. The van der Waals surface area contributed by atoms with Gasteiger partial charge in [0.15, 0.2) is 0 Å². The van der Waals surface area contributed by atoms with Gasteiger partial charge in [0, 0.05) is 24.7 Å². The summed E-state index contributed by atoms with van der Waals surface area (Å²) in [6.07, 6.45) is -0.737. The van der Waals surface area contributed by atoms with Gasteiger partial charge in [-0.25, -0.2) is 9.18 Å². The van der Waals surface area contributed by atoms with Gasteiger partial charge in [-0.3, -0.25) is 4.90 Å². The summed E-state index contributed by atoms with van der Waals surface area (Å²) in [4.78, 5) is 12.6. The van der Waals surface area contributed by atoms with Gasteiger partial charge in [-0.05, 0) is 48.2 Å². The maximum atomic E-state index is 14.4. The van der Waals surface area contributed by atoms with E-state index in [1.165, 1.54) is 6.07 Å². The zero-order chi connectivity index (χ0) is 20.3. The number of ether oxygens (including phenoxy) is 1. The van der Waals surface area contributed by atoms with Crippen molar-refractivity contribution in [1.82, 2.24) is 4.90 Å². The maximum absolute atomic E-state index is 14.4. The molecular formula is C21H24ClFN2O3. The molecule has 1 fully saturated rings. The maximum Gasteiger partial charge on any atom is 0.506 e. The number of likely N-dealkylation sites (tertiary alicyclic amines) is 1. The molecule has 0 spiro atoms. The highest BCUT2D eigenvalue weighted by Gasteiger charge is 2.29. The zero-order valence-corrected chi connectivity index (χ0v) is 16.7. The normalized spacial score (nSPS) is 15.7. The van der Waals surface area contributed by atoms with Crippen LogP contribution in [-0.4, -0.2) is 35.4 Å². The fourth-order valence-corrected chi connectivity index (χ4v) is 3.52. The molecule has 2 aromatic rings. The average molecular weight is 407 g/mol. The molecule has 3 rings (SSSR count). The average Bonchev–Trinajstić information content (AvgIpc) is 2.62. The topological polar surface area (TPSA) is 61.8 Å². The Morgan fingerprint density at radius 1 is 1.36 bits per heavy atom. The highest BCUT2D eigenvalue weighted by Crippen LogP contribution is 2.28. The number of nitrogens with one attached hydrogen (secondary N) is 1. The van der Waals surface area contributed by atoms with Gasteiger partial charge in [-0.1, -0.05) is 36.7 Å². The van der Waals surface area contributed by atoms with Crippen molar-refractivity contribution in [2.24, 2.45) is 0 Å². The quantitative estimate of drug-likeness (QED) is 0.616. The van der Waals surface area contributed by atoms with Crippen molar-refractivity contribution < 1.29 is 19.0 Å². The second-order valence-corrected chi connectivity index (χ2v) is 7.54. The molecule has 0 unspecified atom stereocenters. The Bertz CT molecular complexity index is 856. The van der Waals surface area contributed by atoms with Crippen LogP contribution in [0.3, 0.4) is 0 Å². The summed E-state index contributed by atoms with van der Waals surface area (Å²) >= 11 is 6.11. The minimum atomic E-state index is -1.25. The number of carbonyl (C=O) groups is 1. The Kier molecular flexibility index (Phi) is 6.42. The van der Waals surface area contributed by atoms with Crippen LogP contribution in [0.5, 0.6) is 0 Å². The molecule has 1 aliphatic rings. The Morgan fingerprint density at radius 2 is 2.11 bits per heavy atom. The summed E-state index contributed by atoms with van der Waals surface area (Å²) in [6, 6.07) is 10.8. The number of carboxylic acid groups (broad SMARTS) is 1. The lowest BCUT2D eigenvalue weighted by molar-refractivity contribution is -0.0363. The third-order valence-corrected chi connectivity index (χ3v) is 5.37. The first-order valence-electron chi connectivity index (χ1n) is 9.28. The van der Waals surface area contributed by atoms with Crippen molar-refractivity contribution >= 4 is 23.4 Å². The number of halogens is 2. The third-order valence-electron chi connectivity index (χ3n) is 4.95. The molecule has 1 atom stereocenters. The van der Waals surface area contributed by atoms with Crippen molar-refractivity contribution in [3.8, 4) is 0 Å². The molecule has 1 aliphatic heterocycles. The van der Waals surface area contributed by atoms with E-state index in [1.54, 1.807) is 6.07 Å². The molecule has 2 aromatic carbocycles. The van der Waals surface area contributed by atoms with Gasteiger partial charge in [0.1, 0.15) is 11.9 Å². The molecule has 150 valence electrons. The summed E-state index contributed by atoms with van der Waals surface area (Å²) < 4.78 is 19.1. The van der Waals surface area contributed by atoms with Crippen molar-refractivity contribution in [2.45, 2.75) is 39.0 Å². The number of hydrogen-bond donors (Lipinski definition) is 2. The van der Waals surface area contributed by atoms with Crippen LogP contribution in [-0.2, 0) is 11.3 Å². The van der Waals surface area contributed by atoms with E-state index < -0.39 is 6.16 Å². The second-order valence-electron chi connectivity index (χ2n) is 7.13. The molecule has 2 N–H and O–H groups in total. The molecule has 0 radical (unpaired) electrons. The molecule has 0 aliphatic carbocycles. The van der Waals surface area contributed by atoms with Crippen LogP contribution < -0.4 is 5.32 Å². The minimum Gasteiger partial charge on any atom is -0.450 e. The van der Waals surface area contributed by atoms with E-state index in [4.69, 9.17) is 21.4 Å². The summed E-state index contributed by atoms with van der Waals surface area (Å²) in [5, 5.41) is 12.6. The highest BCUT2D eigenvalue weighted by molar-refractivity contribution is 6.31. The fourth-order valence-electron chi connectivity index (χ4n) is 3.40. The monoisotopic (exact) mass is 406 g/mol. The van der Waals surface area contributed by atoms with Crippen molar-refractivity contribution in [3.05, 3.63) is 63.9 Å². The van der Waals surface area contributed by atoms with E-state index in [0.29, 0.717) is 30.3 Å². The lowest BCUT2D eigenvalue weighted by Crippen LogP contribution is -2.52. The second kappa shape index (κ2) is 8.80. The molecule has 0 amide bonds. The van der Waals surface area contributed by atoms with Gasteiger partial charge in [-0.2, -0.15) is 0 Å². The summed E-state index contributed by atoms with van der Waals surface area (Å²) in [5.41, 5.74) is 3.46. The van der Waals surface area contributed by atoms with E-state index in [2.05, 4.69) is 10.2 Å². The number of hydrogen-bond acceptors (Lipinski definition) is 4. The van der Waals surface area contributed by atoms with Crippen molar-refractivity contribution in [2.75, 3.05) is 18.4 Å². The standard InChI is InChI=1S/C21H24ClFN2O3/c1-3-19(15-5-6-17(22)13(2)8-15)24-20-9-14(4-7-18(20)23)10-25-11-16(12-25)28-21(26)27/h4-9,16,19,24H,3,10-12H2,1-2H3,(H,26,27)/t19-/m1/s1. The first-order valence-corrected chi connectivity index (χ1v) is 9.66. The molecule has 5 nitrogen and oxygen atoms in total. The molecule has 1 heterocycles. The number of benzene rings is 2. The molecule has 0 aromatic heterocycles. The zero-order valence-electron chi connectivity index (χ0n) is 15.9. The van der Waals surface area contributed by atoms with Crippen LogP contribution >= 0.6 is 11.6 Å². The van der Waals surface area contributed by atoms with Crippen LogP contribution in [0.2, 0.25) is 5.02 Å². The Morgan fingerprint density at radius 3 is 2.75 bits per heavy atom. The first-order chi connectivity index (χ1) is 13.4. The summed E-state index contributed by atoms with van der Waals surface area (Å²) in [5.74, 6) is -0.302. The van der Waals surface area contributed by atoms with Gasteiger partial charge in [0.25, 0.3) is 0 Å². The lowest BCUT2D eigenvalue weighted by atomic mass is 10.0. The molecule has 0 bridgehead atoms. The van der Waals surface area contributed by atoms with E-state index in [1.807, 2.05) is 38.1 Å². The van der Waals surface area contributed by atoms with E-state index in [-0.39, 0.29) is 18.0 Å². The largest absolute Gasteiger partial charge is 0.506 e. The van der Waals surface area contributed by atoms with E-state index >= 15 is 0 Å². The predicted molar refractivity (Wildman–Crippen MR) is 107 cm³/mol. The number of rotatable bonds is 7. The van der Waals surface area contributed by atoms with Gasteiger partial charge in [-0.15, -0.1) is 0 Å². The SMILES string of the molecule is CC[C@@H](Nc1cc(CN2CC(OC(=O)O)C2)ccc1F)c1ccc(Cl)c(C)c1. The third kappa shape index (κ3) is 4.94. The van der Waals surface area contributed by atoms with Gasteiger partial charge in [0.05, 0.1) is 11.7 Å². The number of anilines is 1. The van der Waals surface area contributed by atoms with Crippen LogP contribution in [0.15, 0.2) is 36.4 Å². The van der Waals surface area contributed by atoms with Crippen LogP contribution in [0, 0.1) is 12.7 Å². The first kappa shape index (κ1) is 20.4. The predicted octanol–water partition coefficient (Wildman–Crippen LogP) is 5.23. The van der Waals surface area contributed by atoms with Crippen LogP contribution in [0.4, 0.5) is 14.9 Å². The molecule has 1 saturated heterocycles. The minimum absolute atomic E-state index is 0.0296. The Labute approximate surface area is 169 Å². The van der Waals surface area contributed by atoms with Gasteiger partial charge in [0.2, 0.25) is 0 Å². The van der Waals surface area contributed by atoms with Crippen molar-refractivity contribution in [1.29, 1.82) is 0 Å². The van der Waals surface area contributed by atoms with E-state index in [9.17, 15) is 9.18 Å². The van der Waals surface area contributed by atoms with Crippen molar-refractivity contribution in [3.63, 3.8) is 0 Å². The lowest BCUT2D eigenvalue weighted by Gasteiger charge is -2.37. The number of aryl methyl sites for hydroxylation is 1. The summed E-state index contributed by atoms with van der Waals surface area (Å²) in [6.45, 7) is 5.72. The van der Waals surface area contributed by atoms with Crippen LogP contribution in [0.1, 0.15) is 36.1 Å². The van der Waals surface area contributed by atoms with Crippen LogP contribution in [0.25, 0.3) is 0 Å². The van der Waals surface area contributed by atoms with Gasteiger partial charge < -0.3 is 15.2 Å². The highest BCUT2D eigenvalue weighted by atomic mass is 35.5. The van der Waals surface area contributed by atoms with Gasteiger partial charge >= 0.3 is 6.16 Å². The Balaban J connectivity index is 1.67. The molecule has 7 heteroatoms. The molecule has 28 heavy (non-hydrogen) atoms. The number of nitrogens with zero attached hydrogens (tertiary/aromatic N) is 1. The fraction of sp³-hybridized carbons (Fsp3) is 0.381. The smallest absolute Gasteiger partial charge is 0.450 e. The van der Waals surface area contributed by atoms with E-state index in [0.717, 1.165) is 23.1 Å².